The van der Waals surface area contributed by atoms with Crippen molar-refractivity contribution in [3.05, 3.63) is 0 Å². The van der Waals surface area contributed by atoms with E-state index in [0.29, 0.717) is 6.04 Å². The minimum absolute atomic E-state index is 0.713. The number of nitrogens with zero attached hydrogens (tertiary/aromatic N) is 1. The number of rotatable bonds is 0. The molecule has 1 N–H and O–H groups in total. The smallest absolute Gasteiger partial charge is 0.0284 e. The molecule has 2 nitrogen and oxygen atoms in total. The standard InChI is InChI=1S/C9H18N2/c1-7-8-5-3-4-6-9(8)11(2)10-7/h7-10H,3-6H2,1-2H3. The molecule has 1 aliphatic heterocycles. The average molecular weight is 154 g/mol. The van der Waals surface area contributed by atoms with Crippen LogP contribution in [-0.4, -0.2) is 24.1 Å². The lowest BCUT2D eigenvalue weighted by atomic mass is 9.82. The van der Waals surface area contributed by atoms with Crippen molar-refractivity contribution in [1.29, 1.82) is 0 Å². The van der Waals surface area contributed by atoms with Crippen LogP contribution in [0.3, 0.4) is 0 Å². The Morgan fingerprint density at radius 1 is 1.27 bits per heavy atom. The zero-order valence-corrected chi connectivity index (χ0v) is 7.51. The van der Waals surface area contributed by atoms with Crippen LogP contribution >= 0.6 is 0 Å². The maximum Gasteiger partial charge on any atom is 0.0284 e. The quantitative estimate of drug-likeness (QED) is 0.567. The van der Waals surface area contributed by atoms with Gasteiger partial charge in [0, 0.05) is 19.1 Å². The first-order valence-electron chi connectivity index (χ1n) is 4.78. The van der Waals surface area contributed by atoms with Gasteiger partial charge in [-0.15, -0.1) is 0 Å². The molecule has 1 saturated heterocycles. The molecular weight excluding hydrogens is 136 g/mol. The van der Waals surface area contributed by atoms with Crippen molar-refractivity contribution >= 4 is 0 Å². The Hall–Kier alpha value is -0.0800. The summed E-state index contributed by atoms with van der Waals surface area (Å²) in [5.74, 6) is 0.925. The van der Waals surface area contributed by atoms with Crippen LogP contribution in [0.15, 0.2) is 0 Å². The molecule has 0 aromatic carbocycles. The molecule has 3 atom stereocenters. The predicted octanol–water partition coefficient (Wildman–Crippen LogP) is 1.38. The molecule has 1 saturated carbocycles. The molecule has 2 heteroatoms. The Morgan fingerprint density at radius 2 is 2.00 bits per heavy atom. The molecule has 2 rings (SSSR count). The van der Waals surface area contributed by atoms with E-state index in [0.717, 1.165) is 12.0 Å². The second-order valence-corrected chi connectivity index (χ2v) is 4.04. The zero-order valence-electron chi connectivity index (χ0n) is 7.51. The minimum atomic E-state index is 0.713. The molecule has 0 aromatic rings. The molecule has 64 valence electrons. The second-order valence-electron chi connectivity index (χ2n) is 4.04. The molecule has 0 radical (unpaired) electrons. The van der Waals surface area contributed by atoms with Gasteiger partial charge in [0.15, 0.2) is 0 Å². The summed E-state index contributed by atoms with van der Waals surface area (Å²) in [6.45, 7) is 2.31. The Kier molecular flexibility index (Phi) is 1.90. The van der Waals surface area contributed by atoms with E-state index in [1.165, 1.54) is 25.7 Å². The summed E-state index contributed by atoms with van der Waals surface area (Å²) in [5, 5.41) is 2.33. The number of hydrazine groups is 1. The van der Waals surface area contributed by atoms with Crippen LogP contribution in [0, 0.1) is 5.92 Å². The van der Waals surface area contributed by atoms with Crippen LogP contribution in [0.25, 0.3) is 0 Å². The molecule has 0 bridgehead atoms. The van der Waals surface area contributed by atoms with Crippen molar-refractivity contribution in [3.8, 4) is 0 Å². The fraction of sp³-hybridized carbons (Fsp3) is 1.00. The Bertz CT molecular complexity index is 130. The molecule has 3 unspecified atom stereocenters. The van der Waals surface area contributed by atoms with Crippen LogP contribution in [0.1, 0.15) is 32.6 Å². The normalized spacial score (nSPS) is 45.8. The summed E-state index contributed by atoms with van der Waals surface area (Å²) in [6, 6.07) is 1.55. The monoisotopic (exact) mass is 154 g/mol. The maximum absolute atomic E-state index is 3.49. The maximum atomic E-state index is 3.49. The Labute approximate surface area is 68.9 Å². The summed E-state index contributed by atoms with van der Waals surface area (Å²) in [4.78, 5) is 0. The van der Waals surface area contributed by atoms with Crippen LogP contribution < -0.4 is 5.43 Å². The van der Waals surface area contributed by atoms with E-state index >= 15 is 0 Å². The zero-order chi connectivity index (χ0) is 7.84. The van der Waals surface area contributed by atoms with Crippen molar-refractivity contribution in [2.75, 3.05) is 7.05 Å². The van der Waals surface area contributed by atoms with Crippen molar-refractivity contribution in [1.82, 2.24) is 10.4 Å². The summed E-state index contributed by atoms with van der Waals surface area (Å²) in [6.07, 6.45) is 5.71. The highest BCUT2D eigenvalue weighted by molar-refractivity contribution is 4.91. The topological polar surface area (TPSA) is 15.3 Å². The highest BCUT2D eigenvalue weighted by Gasteiger charge is 2.38. The predicted molar refractivity (Wildman–Crippen MR) is 46.1 cm³/mol. The van der Waals surface area contributed by atoms with Gasteiger partial charge in [0.2, 0.25) is 0 Å². The van der Waals surface area contributed by atoms with Gasteiger partial charge in [0.1, 0.15) is 0 Å². The molecule has 0 aromatic heterocycles. The molecule has 1 aliphatic carbocycles. The highest BCUT2D eigenvalue weighted by atomic mass is 15.5. The fourth-order valence-electron chi connectivity index (χ4n) is 2.72. The molecular formula is C9H18N2. The van der Waals surface area contributed by atoms with Gasteiger partial charge < -0.3 is 0 Å². The minimum Gasteiger partial charge on any atom is -0.252 e. The van der Waals surface area contributed by atoms with Gasteiger partial charge in [-0.05, 0) is 25.7 Å². The third kappa shape index (κ3) is 1.18. The summed E-state index contributed by atoms with van der Waals surface area (Å²) in [5.41, 5.74) is 3.49. The number of nitrogens with one attached hydrogen (secondary N) is 1. The van der Waals surface area contributed by atoms with E-state index < -0.39 is 0 Å². The van der Waals surface area contributed by atoms with Gasteiger partial charge >= 0.3 is 0 Å². The van der Waals surface area contributed by atoms with E-state index in [2.05, 4.69) is 24.4 Å². The molecule has 2 aliphatic rings. The fourth-order valence-corrected chi connectivity index (χ4v) is 2.72. The van der Waals surface area contributed by atoms with Crippen molar-refractivity contribution in [3.63, 3.8) is 0 Å². The third-order valence-corrected chi connectivity index (χ3v) is 3.33. The lowest BCUT2D eigenvalue weighted by Crippen LogP contribution is -2.35. The first-order valence-corrected chi connectivity index (χ1v) is 4.78. The van der Waals surface area contributed by atoms with E-state index in [1.54, 1.807) is 0 Å². The molecule has 11 heavy (non-hydrogen) atoms. The van der Waals surface area contributed by atoms with Crippen LogP contribution in [0.5, 0.6) is 0 Å². The van der Waals surface area contributed by atoms with E-state index in [-0.39, 0.29) is 0 Å². The number of fused-ring (bicyclic) bond motifs is 1. The molecule has 0 amide bonds. The Morgan fingerprint density at radius 3 is 2.73 bits per heavy atom. The largest absolute Gasteiger partial charge is 0.252 e. The first kappa shape index (κ1) is 7.56. The summed E-state index contributed by atoms with van der Waals surface area (Å²) < 4.78 is 0. The van der Waals surface area contributed by atoms with Crippen LogP contribution in [-0.2, 0) is 0 Å². The third-order valence-electron chi connectivity index (χ3n) is 3.33. The summed E-state index contributed by atoms with van der Waals surface area (Å²) in [7, 11) is 2.19. The summed E-state index contributed by atoms with van der Waals surface area (Å²) >= 11 is 0. The molecule has 2 fully saturated rings. The van der Waals surface area contributed by atoms with Gasteiger partial charge in [0.05, 0.1) is 0 Å². The van der Waals surface area contributed by atoms with Crippen LogP contribution in [0.2, 0.25) is 0 Å². The Balaban J connectivity index is 2.07. The van der Waals surface area contributed by atoms with Crippen molar-refractivity contribution < 1.29 is 0 Å². The lowest BCUT2D eigenvalue weighted by molar-refractivity contribution is 0.182. The van der Waals surface area contributed by atoms with Crippen molar-refractivity contribution in [2.45, 2.75) is 44.7 Å². The van der Waals surface area contributed by atoms with Crippen LogP contribution in [0.4, 0.5) is 0 Å². The van der Waals surface area contributed by atoms with E-state index in [9.17, 15) is 0 Å². The van der Waals surface area contributed by atoms with Crippen molar-refractivity contribution in [2.24, 2.45) is 5.92 Å². The molecule has 1 heterocycles. The van der Waals surface area contributed by atoms with Gasteiger partial charge in [-0.3, -0.25) is 5.43 Å². The van der Waals surface area contributed by atoms with Gasteiger partial charge in [-0.25, -0.2) is 5.01 Å². The highest BCUT2D eigenvalue weighted by Crippen LogP contribution is 2.33. The lowest BCUT2D eigenvalue weighted by Gasteiger charge is -2.28. The van der Waals surface area contributed by atoms with Gasteiger partial charge in [0.25, 0.3) is 0 Å². The van der Waals surface area contributed by atoms with E-state index in [4.69, 9.17) is 0 Å². The molecule has 0 spiro atoms. The average Bonchev–Trinajstić information content (AvgIpc) is 2.30. The van der Waals surface area contributed by atoms with Gasteiger partial charge in [-0.1, -0.05) is 12.8 Å². The number of hydrogen-bond donors (Lipinski definition) is 1. The van der Waals surface area contributed by atoms with E-state index in [1.807, 2.05) is 0 Å². The second kappa shape index (κ2) is 2.76. The number of hydrogen-bond acceptors (Lipinski definition) is 2. The van der Waals surface area contributed by atoms with Gasteiger partial charge in [-0.2, -0.15) is 0 Å². The SMILES string of the molecule is CC1NN(C)C2CCCCC12. The first-order chi connectivity index (χ1) is 5.29.